The zero-order chi connectivity index (χ0) is 18.9. The van der Waals surface area contributed by atoms with Crippen LogP contribution in [0.15, 0.2) is 65.8 Å². The summed E-state index contributed by atoms with van der Waals surface area (Å²) in [6, 6.07) is 17.3. The quantitative estimate of drug-likeness (QED) is 0.719. The monoisotopic (exact) mass is 376 g/mol. The van der Waals surface area contributed by atoms with Gasteiger partial charge in [0, 0.05) is 16.7 Å². The zero-order valence-corrected chi connectivity index (χ0v) is 15.8. The van der Waals surface area contributed by atoms with Gasteiger partial charge in [0.25, 0.3) is 5.91 Å². The van der Waals surface area contributed by atoms with Gasteiger partial charge in [-0.3, -0.25) is 14.8 Å². The van der Waals surface area contributed by atoms with Crippen LogP contribution in [0.2, 0.25) is 0 Å². The highest BCUT2D eigenvalue weighted by Crippen LogP contribution is 2.35. The standard InChI is InChI=1S/C21H20N4OS/c1-21(9-10-27-20(22)25-21)16-7-4-6-15(11-16)19(26)24-17-12-14-5-2-3-8-18(14)23-13-17/h2-8,11-13H,9-10H2,1H3,(H2,22,25)(H,24,26). The molecule has 0 aliphatic carbocycles. The fourth-order valence-corrected chi connectivity index (χ4v) is 4.21. The number of carbonyl (C=O) groups excluding carboxylic acids is 1. The molecule has 1 unspecified atom stereocenters. The van der Waals surface area contributed by atoms with Gasteiger partial charge >= 0.3 is 0 Å². The molecule has 0 fully saturated rings. The largest absolute Gasteiger partial charge is 0.379 e. The van der Waals surface area contributed by atoms with Crippen LogP contribution in [0.25, 0.3) is 10.9 Å². The predicted octanol–water partition coefficient (Wildman–Crippen LogP) is 4.15. The number of nitrogens with two attached hydrogens (primary N) is 1. The Morgan fingerprint density at radius 2 is 2.04 bits per heavy atom. The number of hydrogen-bond acceptors (Lipinski definition) is 5. The molecule has 3 N–H and O–H groups in total. The van der Waals surface area contributed by atoms with Crippen LogP contribution in [0.1, 0.15) is 29.3 Å². The van der Waals surface area contributed by atoms with Crippen molar-refractivity contribution >= 4 is 39.4 Å². The summed E-state index contributed by atoms with van der Waals surface area (Å²) in [5.41, 5.74) is 8.69. The Labute approximate surface area is 162 Å². The van der Waals surface area contributed by atoms with Gasteiger partial charge in [-0.05, 0) is 43.2 Å². The van der Waals surface area contributed by atoms with Crippen molar-refractivity contribution in [3.05, 3.63) is 71.9 Å². The summed E-state index contributed by atoms with van der Waals surface area (Å²) in [6.07, 6.45) is 2.56. The van der Waals surface area contributed by atoms with Crippen LogP contribution in [-0.2, 0) is 5.54 Å². The third-order valence-electron chi connectivity index (χ3n) is 4.79. The molecule has 2 heterocycles. The summed E-state index contributed by atoms with van der Waals surface area (Å²) in [4.78, 5) is 21.8. The van der Waals surface area contributed by atoms with E-state index in [1.807, 2.05) is 48.5 Å². The van der Waals surface area contributed by atoms with Gasteiger partial charge < -0.3 is 11.1 Å². The molecule has 4 rings (SSSR count). The minimum Gasteiger partial charge on any atom is -0.379 e. The van der Waals surface area contributed by atoms with Crippen LogP contribution < -0.4 is 11.1 Å². The number of nitrogens with one attached hydrogen (secondary N) is 1. The second kappa shape index (κ2) is 7.04. The highest BCUT2D eigenvalue weighted by molar-refractivity contribution is 8.13. The Kier molecular flexibility index (Phi) is 4.58. The number of aromatic nitrogens is 1. The van der Waals surface area contributed by atoms with Crippen LogP contribution in [0.3, 0.4) is 0 Å². The summed E-state index contributed by atoms with van der Waals surface area (Å²) in [6.45, 7) is 2.06. The molecule has 1 aliphatic heterocycles. The molecule has 1 amide bonds. The van der Waals surface area contributed by atoms with Crippen molar-refractivity contribution in [1.29, 1.82) is 0 Å². The molecule has 5 nitrogen and oxygen atoms in total. The second-order valence-corrected chi connectivity index (χ2v) is 7.89. The molecule has 0 spiro atoms. The first-order chi connectivity index (χ1) is 13.0. The Balaban J connectivity index is 1.59. The lowest BCUT2D eigenvalue weighted by atomic mass is 9.88. The van der Waals surface area contributed by atoms with E-state index in [1.54, 1.807) is 24.0 Å². The number of amides is 1. The molecule has 27 heavy (non-hydrogen) atoms. The normalized spacial score (nSPS) is 19.5. The summed E-state index contributed by atoms with van der Waals surface area (Å²) >= 11 is 1.57. The predicted molar refractivity (Wildman–Crippen MR) is 112 cm³/mol. The average molecular weight is 376 g/mol. The third-order valence-corrected chi connectivity index (χ3v) is 5.59. The first-order valence-electron chi connectivity index (χ1n) is 8.78. The Morgan fingerprint density at radius 1 is 1.19 bits per heavy atom. The Morgan fingerprint density at radius 3 is 2.89 bits per heavy atom. The van der Waals surface area contributed by atoms with E-state index in [0.717, 1.165) is 28.6 Å². The molecule has 1 atom stereocenters. The van der Waals surface area contributed by atoms with Crippen molar-refractivity contribution in [2.45, 2.75) is 18.9 Å². The van der Waals surface area contributed by atoms with E-state index < -0.39 is 5.54 Å². The van der Waals surface area contributed by atoms with Gasteiger partial charge in [0.05, 0.1) is 22.9 Å². The van der Waals surface area contributed by atoms with Gasteiger partial charge in [0.15, 0.2) is 5.17 Å². The lowest BCUT2D eigenvalue weighted by Gasteiger charge is -2.30. The van der Waals surface area contributed by atoms with E-state index in [0.29, 0.717) is 16.4 Å². The van der Waals surface area contributed by atoms with Crippen molar-refractivity contribution in [2.75, 3.05) is 11.1 Å². The number of benzene rings is 2. The molecule has 0 saturated carbocycles. The van der Waals surface area contributed by atoms with Gasteiger partial charge in [-0.15, -0.1) is 0 Å². The maximum absolute atomic E-state index is 12.8. The van der Waals surface area contributed by atoms with Crippen LogP contribution in [0.5, 0.6) is 0 Å². The van der Waals surface area contributed by atoms with Crippen LogP contribution in [0, 0.1) is 0 Å². The molecule has 3 aromatic rings. The van der Waals surface area contributed by atoms with E-state index in [4.69, 9.17) is 5.73 Å². The second-order valence-electron chi connectivity index (χ2n) is 6.77. The number of hydrogen-bond donors (Lipinski definition) is 2. The lowest BCUT2D eigenvalue weighted by Crippen LogP contribution is -2.29. The molecule has 1 aromatic heterocycles. The van der Waals surface area contributed by atoms with E-state index in [1.165, 1.54) is 0 Å². The molecule has 2 aromatic carbocycles. The van der Waals surface area contributed by atoms with E-state index in [2.05, 4.69) is 22.2 Å². The van der Waals surface area contributed by atoms with Crippen LogP contribution in [0.4, 0.5) is 5.69 Å². The fourth-order valence-electron chi connectivity index (χ4n) is 3.23. The number of thioether (sulfide) groups is 1. The maximum Gasteiger partial charge on any atom is 0.255 e. The van der Waals surface area contributed by atoms with Gasteiger partial charge in [0.1, 0.15) is 0 Å². The Bertz CT molecular complexity index is 1050. The number of aliphatic imine (C=N–C) groups is 1. The number of pyridine rings is 1. The van der Waals surface area contributed by atoms with E-state index in [9.17, 15) is 4.79 Å². The van der Waals surface area contributed by atoms with Crippen molar-refractivity contribution in [3.8, 4) is 0 Å². The molecule has 0 bridgehead atoms. The number of fused-ring (bicyclic) bond motifs is 1. The summed E-state index contributed by atoms with van der Waals surface area (Å²) < 4.78 is 0. The first-order valence-corrected chi connectivity index (χ1v) is 9.77. The van der Waals surface area contributed by atoms with Gasteiger partial charge in [0.2, 0.25) is 0 Å². The number of nitrogens with zero attached hydrogens (tertiary/aromatic N) is 2. The van der Waals surface area contributed by atoms with E-state index >= 15 is 0 Å². The smallest absolute Gasteiger partial charge is 0.255 e. The van der Waals surface area contributed by atoms with Crippen LogP contribution >= 0.6 is 11.8 Å². The maximum atomic E-state index is 12.8. The molecule has 0 saturated heterocycles. The Hall–Kier alpha value is -2.86. The molecular formula is C21H20N4OS. The summed E-state index contributed by atoms with van der Waals surface area (Å²) in [5, 5.41) is 4.52. The fraction of sp³-hybridized carbons (Fsp3) is 0.190. The average Bonchev–Trinajstić information content (AvgIpc) is 2.68. The van der Waals surface area contributed by atoms with Crippen molar-refractivity contribution < 1.29 is 4.79 Å². The number of anilines is 1. The molecular weight excluding hydrogens is 356 g/mol. The third kappa shape index (κ3) is 3.66. The zero-order valence-electron chi connectivity index (χ0n) is 15.0. The van der Waals surface area contributed by atoms with E-state index in [-0.39, 0.29) is 5.91 Å². The van der Waals surface area contributed by atoms with Gasteiger partial charge in [-0.1, -0.05) is 42.1 Å². The lowest BCUT2D eigenvalue weighted by molar-refractivity contribution is 0.102. The number of carbonyl (C=O) groups is 1. The molecule has 0 radical (unpaired) electrons. The highest BCUT2D eigenvalue weighted by Gasteiger charge is 2.29. The SMILES string of the molecule is CC1(c2cccc(C(=O)Nc3cnc4ccccc4c3)c2)CCSC(N)=N1. The van der Waals surface area contributed by atoms with Crippen molar-refractivity contribution in [2.24, 2.45) is 10.7 Å². The summed E-state index contributed by atoms with van der Waals surface area (Å²) in [7, 11) is 0. The molecule has 1 aliphatic rings. The van der Waals surface area contributed by atoms with Gasteiger partial charge in [-0.2, -0.15) is 0 Å². The minimum absolute atomic E-state index is 0.167. The van der Waals surface area contributed by atoms with Crippen molar-refractivity contribution in [1.82, 2.24) is 4.98 Å². The highest BCUT2D eigenvalue weighted by atomic mass is 32.2. The topological polar surface area (TPSA) is 80.4 Å². The molecule has 136 valence electrons. The molecule has 6 heteroatoms. The van der Waals surface area contributed by atoms with Gasteiger partial charge in [-0.25, -0.2) is 0 Å². The first kappa shape index (κ1) is 17.5. The number of rotatable bonds is 3. The minimum atomic E-state index is -0.393. The number of amidine groups is 1. The summed E-state index contributed by atoms with van der Waals surface area (Å²) in [5.74, 6) is 0.755. The number of para-hydroxylation sites is 1. The van der Waals surface area contributed by atoms with Crippen molar-refractivity contribution in [3.63, 3.8) is 0 Å². The van der Waals surface area contributed by atoms with Crippen LogP contribution in [-0.4, -0.2) is 21.8 Å².